The lowest BCUT2D eigenvalue weighted by Crippen LogP contribution is -2.46. The van der Waals surface area contributed by atoms with Crippen LogP contribution in [0.2, 0.25) is 0 Å². The molecule has 0 radical (unpaired) electrons. The molecule has 1 fully saturated rings. The zero-order valence-corrected chi connectivity index (χ0v) is 24.2. The maximum Gasteiger partial charge on any atom is 0.293 e. The van der Waals surface area contributed by atoms with E-state index in [9.17, 15) is 15.0 Å². The number of hydrogen-bond donors (Lipinski definition) is 2. The van der Waals surface area contributed by atoms with Gasteiger partial charge in [-0.05, 0) is 81.2 Å². The topological polar surface area (TPSA) is 79.2 Å². The maximum atomic E-state index is 11.4. The molecular formula is C32H49NO5. The number of allylic oxidation sites excluding steroid dienone is 1. The Labute approximate surface area is 229 Å². The molecule has 0 saturated carbocycles. The number of unbranched alkanes of at least 4 members (excludes halogenated alkanes) is 3. The number of carbonyl (C=O) groups is 1. The molecule has 1 aliphatic carbocycles. The molecule has 38 heavy (non-hydrogen) atoms. The molecule has 4 atom stereocenters. The van der Waals surface area contributed by atoms with Crippen LogP contribution in [0.3, 0.4) is 0 Å². The van der Waals surface area contributed by atoms with Crippen LogP contribution in [0, 0.1) is 5.92 Å². The second kappa shape index (κ2) is 12.0. The van der Waals surface area contributed by atoms with Crippen LogP contribution in [-0.4, -0.2) is 59.0 Å². The summed E-state index contributed by atoms with van der Waals surface area (Å²) in [5.41, 5.74) is 2.65. The van der Waals surface area contributed by atoms with Crippen molar-refractivity contribution >= 4 is 6.47 Å². The molecule has 0 amide bonds. The molecule has 2 unspecified atom stereocenters. The molecule has 212 valence electrons. The minimum Gasteiger partial charge on any atom is -0.508 e. The third-order valence-corrected chi connectivity index (χ3v) is 9.46. The number of β-amino-alcohol motifs (C(OH)–C–C–N with tert-alkyl or cyclic N) is 1. The summed E-state index contributed by atoms with van der Waals surface area (Å²) >= 11 is 0. The molecule has 2 heterocycles. The normalized spacial score (nSPS) is 25.6. The predicted molar refractivity (Wildman–Crippen MR) is 151 cm³/mol. The van der Waals surface area contributed by atoms with Crippen molar-refractivity contribution in [1.29, 1.82) is 0 Å². The molecule has 6 heteroatoms. The first-order chi connectivity index (χ1) is 18.1. The second-order valence-electron chi connectivity index (χ2n) is 13.0. The first-order valence-electron chi connectivity index (χ1n) is 14.8. The van der Waals surface area contributed by atoms with E-state index < -0.39 is 6.10 Å². The van der Waals surface area contributed by atoms with Gasteiger partial charge < -0.3 is 19.7 Å². The molecule has 2 aliphatic heterocycles. The molecule has 1 aromatic carbocycles. The Hall–Kier alpha value is -2.05. The van der Waals surface area contributed by atoms with E-state index in [4.69, 9.17) is 9.47 Å². The van der Waals surface area contributed by atoms with Gasteiger partial charge in [0, 0.05) is 30.0 Å². The van der Waals surface area contributed by atoms with Crippen molar-refractivity contribution in [2.75, 3.05) is 19.7 Å². The van der Waals surface area contributed by atoms with Crippen molar-refractivity contribution in [1.82, 2.24) is 4.90 Å². The molecule has 0 aromatic heterocycles. The number of benzene rings is 1. The van der Waals surface area contributed by atoms with E-state index in [1.807, 2.05) is 6.07 Å². The SMILES string of the molecule is CCCCCCC(C)(C)c1cc(O)c2c(c1)OC(C)(C)[C@@H]1CC=C(C(O)CN3CCCC3COC=O)C[C@@H]21. The van der Waals surface area contributed by atoms with E-state index in [2.05, 4.69) is 51.7 Å². The number of fused-ring (bicyclic) bond motifs is 3. The van der Waals surface area contributed by atoms with E-state index in [1.165, 1.54) is 25.7 Å². The molecular weight excluding hydrogens is 478 g/mol. The van der Waals surface area contributed by atoms with Crippen LogP contribution in [0.1, 0.15) is 109 Å². The van der Waals surface area contributed by atoms with E-state index >= 15 is 0 Å². The fraction of sp³-hybridized carbons (Fsp3) is 0.719. The second-order valence-corrected chi connectivity index (χ2v) is 13.0. The third-order valence-electron chi connectivity index (χ3n) is 9.46. The number of nitrogens with zero attached hydrogens (tertiary/aromatic N) is 1. The highest BCUT2D eigenvalue weighted by Crippen LogP contribution is 2.55. The lowest BCUT2D eigenvalue weighted by Gasteiger charge is -2.48. The van der Waals surface area contributed by atoms with Gasteiger partial charge >= 0.3 is 0 Å². The Morgan fingerprint density at radius 1 is 1.26 bits per heavy atom. The Morgan fingerprint density at radius 3 is 2.79 bits per heavy atom. The van der Waals surface area contributed by atoms with Gasteiger partial charge in [-0.15, -0.1) is 0 Å². The van der Waals surface area contributed by atoms with Crippen molar-refractivity contribution in [3.8, 4) is 11.5 Å². The number of hydrogen-bond acceptors (Lipinski definition) is 6. The number of aliphatic hydroxyl groups is 1. The number of rotatable bonds is 12. The lowest BCUT2D eigenvalue weighted by atomic mass is 9.66. The van der Waals surface area contributed by atoms with Gasteiger partial charge in [0.25, 0.3) is 6.47 Å². The van der Waals surface area contributed by atoms with E-state index in [-0.39, 0.29) is 28.9 Å². The highest BCUT2D eigenvalue weighted by molar-refractivity contribution is 5.54. The van der Waals surface area contributed by atoms with E-state index in [0.29, 0.717) is 31.8 Å². The zero-order valence-electron chi connectivity index (χ0n) is 24.2. The number of phenols is 1. The largest absolute Gasteiger partial charge is 0.508 e. The summed E-state index contributed by atoms with van der Waals surface area (Å²) in [5.74, 6) is 1.45. The Balaban J connectivity index is 1.53. The van der Waals surface area contributed by atoms with Gasteiger partial charge in [0.1, 0.15) is 23.7 Å². The smallest absolute Gasteiger partial charge is 0.293 e. The number of phenolic OH excluding ortho intramolecular Hbond substituents is 1. The molecule has 0 bridgehead atoms. The highest BCUT2D eigenvalue weighted by Gasteiger charge is 2.47. The van der Waals surface area contributed by atoms with Crippen LogP contribution in [0.5, 0.6) is 11.5 Å². The summed E-state index contributed by atoms with van der Waals surface area (Å²) < 4.78 is 11.6. The van der Waals surface area contributed by atoms with Gasteiger partial charge in [0.2, 0.25) is 0 Å². The van der Waals surface area contributed by atoms with Gasteiger partial charge in [0.05, 0.1) is 6.10 Å². The molecule has 3 aliphatic rings. The summed E-state index contributed by atoms with van der Waals surface area (Å²) in [5, 5.41) is 22.7. The number of likely N-dealkylation sites (tertiary alicyclic amines) is 1. The minimum absolute atomic E-state index is 0.0434. The summed E-state index contributed by atoms with van der Waals surface area (Å²) in [6.45, 7) is 13.4. The van der Waals surface area contributed by atoms with Crippen LogP contribution in [0.15, 0.2) is 23.8 Å². The molecule has 2 N–H and O–H groups in total. The van der Waals surface area contributed by atoms with Gasteiger partial charge in [-0.3, -0.25) is 9.69 Å². The summed E-state index contributed by atoms with van der Waals surface area (Å²) in [4.78, 5) is 12.9. The van der Waals surface area contributed by atoms with Gasteiger partial charge in [0.15, 0.2) is 0 Å². The highest BCUT2D eigenvalue weighted by atomic mass is 16.5. The number of aliphatic hydroxyl groups excluding tert-OH is 1. The quantitative estimate of drug-likeness (QED) is 0.191. The van der Waals surface area contributed by atoms with Gasteiger partial charge in [-0.1, -0.05) is 52.5 Å². The van der Waals surface area contributed by atoms with E-state index in [0.717, 1.165) is 54.7 Å². The van der Waals surface area contributed by atoms with Crippen molar-refractivity contribution in [3.05, 3.63) is 34.9 Å². The van der Waals surface area contributed by atoms with E-state index in [1.54, 1.807) is 0 Å². The van der Waals surface area contributed by atoms with Gasteiger partial charge in [-0.25, -0.2) is 0 Å². The fourth-order valence-electron chi connectivity index (χ4n) is 7.04. The molecule has 6 nitrogen and oxygen atoms in total. The van der Waals surface area contributed by atoms with Crippen LogP contribution in [-0.2, 0) is 14.9 Å². The predicted octanol–water partition coefficient (Wildman–Crippen LogP) is 6.23. The standard InChI is InChI=1S/C32H49NO5/c1-6-7-8-9-14-31(2,3)23-17-27(35)30-25-16-22(12-13-26(25)32(4,5)38-29(30)18-23)28(36)19-33-15-10-11-24(33)20-37-21-34/h12,17-18,21,24-26,28,35-36H,6-11,13-16,19-20H2,1-5H3/t24?,25-,26-,28?/m1/s1. The number of carbonyl (C=O) groups excluding carboxylic acids is 1. The van der Waals surface area contributed by atoms with Crippen molar-refractivity contribution in [2.45, 2.75) is 121 Å². The molecule has 1 aromatic rings. The monoisotopic (exact) mass is 527 g/mol. The summed E-state index contributed by atoms with van der Waals surface area (Å²) in [7, 11) is 0. The first-order valence-corrected chi connectivity index (χ1v) is 14.8. The van der Waals surface area contributed by atoms with Crippen LogP contribution in [0.25, 0.3) is 0 Å². The number of aromatic hydroxyl groups is 1. The van der Waals surface area contributed by atoms with Crippen LogP contribution < -0.4 is 4.74 Å². The zero-order chi connectivity index (χ0) is 27.5. The third kappa shape index (κ3) is 6.22. The fourth-order valence-corrected chi connectivity index (χ4v) is 7.04. The first kappa shape index (κ1) is 28.9. The molecule has 1 saturated heterocycles. The van der Waals surface area contributed by atoms with Crippen LogP contribution >= 0.6 is 0 Å². The lowest BCUT2D eigenvalue weighted by molar-refractivity contribution is -0.130. The maximum absolute atomic E-state index is 11.4. The average Bonchev–Trinajstić information content (AvgIpc) is 3.31. The summed E-state index contributed by atoms with van der Waals surface area (Å²) in [6, 6.07) is 4.30. The van der Waals surface area contributed by atoms with Gasteiger partial charge in [-0.2, -0.15) is 0 Å². The Morgan fingerprint density at radius 2 is 2.05 bits per heavy atom. The summed E-state index contributed by atoms with van der Waals surface area (Å²) in [6.07, 6.45) is 11.2. The Kier molecular flexibility index (Phi) is 9.14. The van der Waals surface area contributed by atoms with Crippen LogP contribution in [0.4, 0.5) is 0 Å². The van der Waals surface area contributed by atoms with Crippen molar-refractivity contribution in [2.24, 2.45) is 5.92 Å². The minimum atomic E-state index is -0.578. The Bertz CT molecular complexity index is 1000. The van der Waals surface area contributed by atoms with Crippen molar-refractivity contribution in [3.63, 3.8) is 0 Å². The molecule has 0 spiro atoms. The average molecular weight is 528 g/mol. The van der Waals surface area contributed by atoms with Crippen molar-refractivity contribution < 1.29 is 24.5 Å². The number of ether oxygens (including phenoxy) is 2. The molecule has 4 rings (SSSR count).